The number of hydrogen-bond acceptors (Lipinski definition) is 4. The van der Waals surface area contributed by atoms with Crippen molar-refractivity contribution in [1.29, 1.82) is 0 Å². The van der Waals surface area contributed by atoms with E-state index in [9.17, 15) is 17.6 Å². The first-order chi connectivity index (χ1) is 23.4. The maximum Gasteiger partial charge on any atom is 0.123 e. The van der Waals surface area contributed by atoms with E-state index in [1.807, 2.05) is 24.3 Å². The first-order valence-electron chi connectivity index (χ1n) is 15.0. The van der Waals surface area contributed by atoms with Crippen LogP contribution in [0.5, 0.6) is 0 Å². The van der Waals surface area contributed by atoms with Gasteiger partial charge in [-0.15, -0.1) is 0 Å². The van der Waals surface area contributed by atoms with E-state index in [1.54, 1.807) is 60.9 Å². The fourth-order valence-corrected chi connectivity index (χ4v) is 5.99. The monoisotopic (exact) mass is 634 g/mol. The smallest absolute Gasteiger partial charge is 0.123 e. The van der Waals surface area contributed by atoms with Crippen molar-refractivity contribution < 1.29 is 17.6 Å². The average molecular weight is 635 g/mol. The molecule has 8 heteroatoms. The zero-order valence-corrected chi connectivity index (χ0v) is 25.0. The van der Waals surface area contributed by atoms with Gasteiger partial charge in [0.25, 0.3) is 0 Å². The molecule has 8 aromatic rings. The fraction of sp³-hybridized carbons (Fsp3) is 0. The summed E-state index contributed by atoms with van der Waals surface area (Å²) in [6, 6.07) is 31.7. The van der Waals surface area contributed by atoms with Crippen LogP contribution in [-0.2, 0) is 0 Å². The van der Waals surface area contributed by atoms with Gasteiger partial charge in [0.15, 0.2) is 0 Å². The Morgan fingerprint density at radius 1 is 0.354 bits per heavy atom. The molecule has 0 saturated carbocycles. The summed E-state index contributed by atoms with van der Waals surface area (Å²) in [6.45, 7) is 0. The van der Waals surface area contributed by atoms with Crippen LogP contribution in [0.2, 0.25) is 0 Å². The van der Waals surface area contributed by atoms with Crippen LogP contribution in [0.4, 0.5) is 17.6 Å². The number of benzene rings is 6. The molecular weight excluding hydrogens is 612 g/mol. The summed E-state index contributed by atoms with van der Waals surface area (Å²) in [6.07, 6.45) is 3.24. The molecule has 230 valence electrons. The zero-order valence-electron chi connectivity index (χ0n) is 25.0. The molecule has 2 heterocycles. The van der Waals surface area contributed by atoms with Gasteiger partial charge in [-0.2, -0.15) is 0 Å². The Bertz CT molecular complexity index is 2460. The third kappa shape index (κ3) is 5.33. The Balaban J connectivity index is 1.54. The summed E-state index contributed by atoms with van der Waals surface area (Å²) in [5.41, 5.74) is 8.71. The molecule has 0 fully saturated rings. The predicted molar refractivity (Wildman–Crippen MR) is 180 cm³/mol. The SMILES string of the molecule is Fc1ccc(-c2cc3nc(-c4ccc(F)cc4)c(-c4ccc(F)cc4)nc3c(-c3ccc(F)cc3)c2-c2ccc3nccnc3c2)cc1. The molecule has 0 radical (unpaired) electrons. The van der Waals surface area contributed by atoms with Gasteiger partial charge in [0.05, 0.1) is 33.5 Å². The van der Waals surface area contributed by atoms with Crippen LogP contribution in [0.1, 0.15) is 0 Å². The molecule has 6 aromatic carbocycles. The number of hydrogen-bond donors (Lipinski definition) is 0. The minimum Gasteiger partial charge on any atom is -0.253 e. The highest BCUT2D eigenvalue weighted by molar-refractivity contribution is 6.09. The Morgan fingerprint density at radius 2 is 0.812 bits per heavy atom. The molecule has 0 aliphatic rings. The second-order valence-electron chi connectivity index (χ2n) is 11.3. The van der Waals surface area contributed by atoms with Crippen molar-refractivity contribution in [3.05, 3.63) is 157 Å². The third-order valence-corrected chi connectivity index (χ3v) is 8.24. The van der Waals surface area contributed by atoms with Crippen molar-refractivity contribution in [2.75, 3.05) is 0 Å². The summed E-state index contributed by atoms with van der Waals surface area (Å²) < 4.78 is 56.7. The van der Waals surface area contributed by atoms with Gasteiger partial charge in [0, 0.05) is 29.1 Å². The summed E-state index contributed by atoms with van der Waals surface area (Å²) in [5, 5.41) is 0. The summed E-state index contributed by atoms with van der Waals surface area (Å²) in [4.78, 5) is 19.3. The topological polar surface area (TPSA) is 51.6 Å². The number of nitrogens with zero attached hydrogens (tertiary/aromatic N) is 4. The van der Waals surface area contributed by atoms with E-state index in [1.165, 1.54) is 48.5 Å². The molecular formula is C40H22F4N4. The third-order valence-electron chi connectivity index (χ3n) is 8.24. The first-order valence-corrected chi connectivity index (χ1v) is 15.0. The van der Waals surface area contributed by atoms with Crippen molar-refractivity contribution in [3.8, 4) is 55.9 Å². The highest BCUT2D eigenvalue weighted by Crippen LogP contribution is 2.46. The molecule has 2 aromatic heterocycles. The number of aromatic nitrogens is 4. The number of rotatable bonds is 5. The van der Waals surface area contributed by atoms with Crippen LogP contribution in [0.15, 0.2) is 134 Å². The van der Waals surface area contributed by atoms with Gasteiger partial charge >= 0.3 is 0 Å². The molecule has 0 aliphatic carbocycles. The van der Waals surface area contributed by atoms with Gasteiger partial charge < -0.3 is 0 Å². The normalized spacial score (nSPS) is 11.3. The van der Waals surface area contributed by atoms with Crippen LogP contribution in [0.25, 0.3) is 78.0 Å². The molecule has 0 aliphatic heterocycles. The van der Waals surface area contributed by atoms with Crippen LogP contribution >= 0.6 is 0 Å². The van der Waals surface area contributed by atoms with E-state index < -0.39 is 17.5 Å². The Labute approximate surface area is 272 Å². The fourth-order valence-electron chi connectivity index (χ4n) is 5.99. The lowest BCUT2D eigenvalue weighted by Crippen LogP contribution is -2.01. The van der Waals surface area contributed by atoms with Crippen molar-refractivity contribution in [3.63, 3.8) is 0 Å². The molecule has 0 N–H and O–H groups in total. The van der Waals surface area contributed by atoms with Gasteiger partial charge in [0.1, 0.15) is 23.3 Å². The largest absolute Gasteiger partial charge is 0.253 e. The highest BCUT2D eigenvalue weighted by atomic mass is 19.1. The van der Waals surface area contributed by atoms with Crippen molar-refractivity contribution in [2.24, 2.45) is 0 Å². The van der Waals surface area contributed by atoms with E-state index in [0.29, 0.717) is 61.3 Å². The summed E-state index contributed by atoms with van der Waals surface area (Å²) in [5.74, 6) is -1.61. The minimum absolute atomic E-state index is 0.386. The maximum absolute atomic E-state index is 14.3. The Kier molecular flexibility index (Phi) is 7.18. The van der Waals surface area contributed by atoms with E-state index in [4.69, 9.17) is 9.97 Å². The quantitative estimate of drug-likeness (QED) is 0.177. The summed E-state index contributed by atoms with van der Waals surface area (Å²) >= 11 is 0. The molecule has 4 nitrogen and oxygen atoms in total. The molecule has 0 amide bonds. The Hall–Kier alpha value is -6.28. The molecule has 0 saturated heterocycles. The van der Waals surface area contributed by atoms with Gasteiger partial charge in [-0.1, -0.05) is 30.3 Å². The van der Waals surface area contributed by atoms with E-state index in [-0.39, 0.29) is 5.82 Å². The van der Waals surface area contributed by atoms with E-state index in [2.05, 4.69) is 9.97 Å². The standard InChI is InChI=1S/C40H22F4N4/c41-28-10-1-23(2-11-28)32-22-35-40(48-39(26-7-16-31(44)17-8-26)38(47-35)25-5-14-30(43)15-6-25)37(24-3-12-29(42)13-4-24)36(32)27-9-18-33-34(21-27)46-20-19-45-33/h1-22H. The molecule has 8 rings (SSSR count). The lowest BCUT2D eigenvalue weighted by molar-refractivity contribution is 0.627. The Morgan fingerprint density at radius 3 is 1.38 bits per heavy atom. The van der Waals surface area contributed by atoms with Gasteiger partial charge in [-0.3, -0.25) is 9.97 Å². The van der Waals surface area contributed by atoms with E-state index in [0.717, 1.165) is 16.7 Å². The second-order valence-corrected chi connectivity index (χ2v) is 11.3. The van der Waals surface area contributed by atoms with Crippen molar-refractivity contribution >= 4 is 22.1 Å². The first kappa shape index (κ1) is 29.1. The minimum atomic E-state index is -0.409. The van der Waals surface area contributed by atoms with Crippen LogP contribution in [0.3, 0.4) is 0 Å². The van der Waals surface area contributed by atoms with Crippen LogP contribution < -0.4 is 0 Å². The molecule has 0 spiro atoms. The molecule has 48 heavy (non-hydrogen) atoms. The molecule has 0 atom stereocenters. The second kappa shape index (κ2) is 11.8. The zero-order chi connectivity index (χ0) is 32.8. The molecule has 0 bridgehead atoms. The number of fused-ring (bicyclic) bond motifs is 2. The van der Waals surface area contributed by atoms with Crippen molar-refractivity contribution in [1.82, 2.24) is 19.9 Å². The van der Waals surface area contributed by atoms with Crippen LogP contribution in [-0.4, -0.2) is 19.9 Å². The van der Waals surface area contributed by atoms with Gasteiger partial charge in [0.2, 0.25) is 0 Å². The van der Waals surface area contributed by atoms with Crippen molar-refractivity contribution in [2.45, 2.75) is 0 Å². The lowest BCUT2D eigenvalue weighted by atomic mass is 9.86. The van der Waals surface area contributed by atoms with Crippen LogP contribution in [0, 0.1) is 23.3 Å². The predicted octanol–water partition coefficient (Wildman–Crippen LogP) is 10.5. The highest BCUT2D eigenvalue weighted by Gasteiger charge is 2.23. The average Bonchev–Trinajstić information content (AvgIpc) is 3.11. The lowest BCUT2D eigenvalue weighted by Gasteiger charge is -2.20. The number of halogens is 4. The van der Waals surface area contributed by atoms with Gasteiger partial charge in [-0.05, 0) is 119 Å². The van der Waals surface area contributed by atoms with E-state index >= 15 is 0 Å². The van der Waals surface area contributed by atoms with Gasteiger partial charge in [-0.25, -0.2) is 27.5 Å². The summed E-state index contributed by atoms with van der Waals surface area (Å²) in [7, 11) is 0. The molecule has 0 unspecified atom stereocenters. The maximum atomic E-state index is 14.3.